The van der Waals surface area contributed by atoms with Crippen molar-refractivity contribution < 1.29 is 28.7 Å². The minimum atomic E-state index is -9.93. The molecule has 0 saturated heterocycles. The van der Waals surface area contributed by atoms with Crippen molar-refractivity contribution in [3.05, 3.63) is 29.8 Å². The maximum atomic E-state index is 12.0. The largest absolute Gasteiger partial charge is 0.435 e. The molecule has 1 atom stereocenters. The molecule has 8 heteroatoms. The zero-order valence-corrected chi connectivity index (χ0v) is 13.7. The van der Waals surface area contributed by atoms with E-state index >= 15 is 0 Å². The van der Waals surface area contributed by atoms with Crippen LogP contribution < -0.4 is 4.18 Å². The highest BCUT2D eigenvalue weighted by molar-refractivity contribution is 8.42. The van der Waals surface area contributed by atoms with Gasteiger partial charge >= 0.3 is 10.5 Å². The third-order valence-electron chi connectivity index (χ3n) is 2.66. The molecule has 0 aliphatic rings. The Kier molecular flexibility index (Phi) is 6.71. The van der Waals surface area contributed by atoms with E-state index in [9.17, 15) is 19.4 Å². The summed E-state index contributed by atoms with van der Waals surface area (Å²) in [6, 6.07) is 4.18. The van der Waals surface area contributed by atoms with Gasteiger partial charge in [0.2, 0.25) is 0 Å². The maximum Gasteiger partial charge on any atom is 0.435 e. The van der Waals surface area contributed by atoms with Crippen molar-refractivity contribution in [2.24, 2.45) is 0 Å². The van der Waals surface area contributed by atoms with E-state index in [0.29, 0.717) is 0 Å². The zero-order chi connectivity index (χ0) is 17.5. The molecule has 1 N–H and O–H groups in total. The first-order chi connectivity index (χ1) is 9.81. The average Bonchev–Trinajstić information content (AvgIpc) is 2.36. The highest BCUT2D eigenvalue weighted by Crippen LogP contribution is 2.97. The third kappa shape index (κ3) is 10.7. The van der Waals surface area contributed by atoms with Gasteiger partial charge in [0, 0.05) is 12.5 Å². The molecule has 1 unspecified atom stereocenters. The number of benzene rings is 1. The van der Waals surface area contributed by atoms with E-state index in [-0.39, 0.29) is 12.2 Å². The monoisotopic (exact) mass is 350 g/mol. The summed E-state index contributed by atoms with van der Waals surface area (Å²) in [6.07, 6.45) is 4.08. The van der Waals surface area contributed by atoms with E-state index in [1.807, 2.05) is 0 Å². The fourth-order valence-electron chi connectivity index (χ4n) is 1.51. The van der Waals surface area contributed by atoms with Crippen molar-refractivity contribution in [3.8, 4) is 5.75 Å². The van der Waals surface area contributed by atoms with Crippen molar-refractivity contribution in [2.45, 2.75) is 46.0 Å². The number of hydrogen-bond donors (Lipinski definition) is 1. The number of rotatable bonds is 6. The summed E-state index contributed by atoms with van der Waals surface area (Å²) in [6.45, 7) is 5.66. The number of halogens is 5. The van der Waals surface area contributed by atoms with Crippen LogP contribution in [-0.4, -0.2) is 11.7 Å². The number of aliphatic hydroxyl groups is 1. The van der Waals surface area contributed by atoms with Crippen LogP contribution in [0.4, 0.5) is 19.4 Å². The second kappa shape index (κ2) is 7.04. The Labute approximate surface area is 128 Å². The maximum absolute atomic E-state index is 12.0. The second-order valence-electron chi connectivity index (χ2n) is 4.99. The van der Waals surface area contributed by atoms with Gasteiger partial charge in [-0.25, -0.2) is 0 Å². The Morgan fingerprint density at radius 2 is 1.64 bits per heavy atom. The molecule has 1 rings (SSSR count). The van der Waals surface area contributed by atoms with Crippen molar-refractivity contribution >= 4 is 10.5 Å². The molecule has 0 heterocycles. The lowest BCUT2D eigenvalue weighted by atomic mass is 10.0. The van der Waals surface area contributed by atoms with Crippen LogP contribution in [-0.2, 0) is 0 Å². The van der Waals surface area contributed by atoms with Gasteiger partial charge in [-0.15, -0.1) is 0 Å². The van der Waals surface area contributed by atoms with E-state index in [1.54, 1.807) is 6.92 Å². The summed E-state index contributed by atoms with van der Waals surface area (Å²) in [5.74, 6) is -1.45. The third-order valence-corrected chi connectivity index (χ3v) is 3.17. The summed E-state index contributed by atoms with van der Waals surface area (Å²) in [7, 11) is -9.93. The number of hydrogen-bond acceptors (Lipinski definition) is 2. The predicted octanol–water partition coefficient (Wildman–Crippen LogP) is 6.57. The van der Waals surface area contributed by atoms with Gasteiger partial charge in [-0.1, -0.05) is 71.6 Å². The Hall–Kier alpha value is -1.02. The molecule has 1 aromatic rings. The van der Waals surface area contributed by atoms with Gasteiger partial charge in [-0.05, 0) is 17.7 Å². The molecule has 0 fully saturated rings. The smallest absolute Gasteiger partial charge is 0.396 e. The summed E-state index contributed by atoms with van der Waals surface area (Å²) in [4.78, 5) is 0. The first-order valence-corrected chi connectivity index (χ1v) is 8.84. The predicted molar refractivity (Wildman–Crippen MR) is 80.9 cm³/mol. The molecule has 0 amide bonds. The van der Waals surface area contributed by atoms with E-state index in [2.05, 4.69) is 18.0 Å². The van der Waals surface area contributed by atoms with Crippen LogP contribution in [0.25, 0.3) is 0 Å². The molecule has 0 spiro atoms. The van der Waals surface area contributed by atoms with Crippen molar-refractivity contribution in [1.29, 1.82) is 0 Å². The first kappa shape index (κ1) is 21.0. The molecule has 0 aromatic heterocycles. The summed E-state index contributed by atoms with van der Waals surface area (Å²) in [5, 5.41) is 8.81. The molecule has 0 aliphatic heterocycles. The van der Waals surface area contributed by atoms with Crippen LogP contribution in [0.1, 0.15) is 51.5 Å². The lowest BCUT2D eigenvalue weighted by Crippen LogP contribution is -2.14. The standard InChI is InChI=1S/C9H11F5O2S.C5H12/c1-7(6-15)8-3-2-4-9(5-8)16-17(10,11,12,13)14;1-3-5-4-2/h2-5,7,15H,6H2,1H3;3-5H2,1-2H3. The van der Waals surface area contributed by atoms with Gasteiger partial charge in [0.05, 0.1) is 0 Å². The van der Waals surface area contributed by atoms with Crippen molar-refractivity contribution in [3.63, 3.8) is 0 Å². The molecular weight excluding hydrogens is 327 g/mol. The molecule has 1 aromatic carbocycles. The Bertz CT molecular complexity index is 459. The Morgan fingerprint density at radius 3 is 2.00 bits per heavy atom. The summed E-state index contributed by atoms with van der Waals surface area (Å²) < 4.78 is 63.1. The molecule has 0 saturated carbocycles. The van der Waals surface area contributed by atoms with E-state index in [0.717, 1.165) is 18.2 Å². The van der Waals surface area contributed by atoms with Gasteiger partial charge in [-0.3, -0.25) is 0 Å². The quantitative estimate of drug-likeness (QED) is 0.588. The van der Waals surface area contributed by atoms with E-state index in [1.165, 1.54) is 25.3 Å². The lowest BCUT2D eigenvalue weighted by molar-refractivity contribution is 0.243. The van der Waals surface area contributed by atoms with E-state index in [4.69, 9.17) is 5.11 Å². The van der Waals surface area contributed by atoms with Crippen LogP contribution in [0.5, 0.6) is 5.75 Å². The Morgan fingerprint density at radius 1 is 1.09 bits per heavy atom. The number of aliphatic hydroxyl groups excluding tert-OH is 1. The second-order valence-corrected chi connectivity index (χ2v) is 6.95. The average molecular weight is 350 g/mol. The highest BCUT2D eigenvalue weighted by Gasteiger charge is 2.67. The van der Waals surface area contributed by atoms with Gasteiger partial charge in [0.15, 0.2) is 0 Å². The highest BCUT2D eigenvalue weighted by atomic mass is 32.5. The Balaban J connectivity index is 0.000000763. The summed E-state index contributed by atoms with van der Waals surface area (Å²) >= 11 is 0. The molecular formula is C14H23F5O2S. The molecule has 2 nitrogen and oxygen atoms in total. The first-order valence-electron chi connectivity index (χ1n) is 6.97. The van der Waals surface area contributed by atoms with Crippen LogP contribution >= 0.6 is 10.5 Å². The van der Waals surface area contributed by atoms with Crippen LogP contribution in [0, 0.1) is 0 Å². The van der Waals surface area contributed by atoms with Crippen LogP contribution in [0.2, 0.25) is 0 Å². The summed E-state index contributed by atoms with van der Waals surface area (Å²) in [5.41, 5.74) is 0.284. The van der Waals surface area contributed by atoms with Crippen molar-refractivity contribution in [2.75, 3.05) is 6.61 Å². The fraction of sp³-hybridized carbons (Fsp3) is 0.571. The molecule has 0 aliphatic carbocycles. The molecule has 0 radical (unpaired) electrons. The number of unbranched alkanes of at least 4 members (excludes halogenated alkanes) is 2. The molecule has 132 valence electrons. The van der Waals surface area contributed by atoms with E-state index < -0.39 is 22.2 Å². The van der Waals surface area contributed by atoms with Crippen LogP contribution in [0.15, 0.2) is 24.3 Å². The topological polar surface area (TPSA) is 29.5 Å². The van der Waals surface area contributed by atoms with Gasteiger partial charge in [0.1, 0.15) is 5.75 Å². The van der Waals surface area contributed by atoms with Gasteiger partial charge in [0.25, 0.3) is 0 Å². The normalized spacial score (nSPS) is 15.9. The SMILES string of the molecule is CC(CO)c1cccc(OS(F)(F)(F)(F)F)c1.CCCCC. The molecule has 0 bridgehead atoms. The van der Waals surface area contributed by atoms with Crippen molar-refractivity contribution in [1.82, 2.24) is 0 Å². The minimum Gasteiger partial charge on any atom is -0.396 e. The van der Waals surface area contributed by atoms with Crippen LogP contribution in [0.3, 0.4) is 0 Å². The zero-order valence-electron chi connectivity index (χ0n) is 12.9. The minimum absolute atomic E-state index is 0.284. The van der Waals surface area contributed by atoms with Gasteiger partial charge in [-0.2, -0.15) is 0 Å². The molecule has 22 heavy (non-hydrogen) atoms. The lowest BCUT2D eigenvalue weighted by Gasteiger charge is -2.39. The van der Waals surface area contributed by atoms with Gasteiger partial charge < -0.3 is 9.29 Å². The fourth-order valence-corrected chi connectivity index (χ4v) is 1.98.